The lowest BCUT2D eigenvalue weighted by atomic mass is 10.3. The van der Waals surface area contributed by atoms with Crippen LogP contribution in [0, 0.1) is 5.92 Å². The van der Waals surface area contributed by atoms with Gasteiger partial charge in [-0.05, 0) is 36.6 Å². The van der Waals surface area contributed by atoms with E-state index in [1.54, 1.807) is 24.3 Å². The number of ether oxygens (including phenoxy) is 2. The smallest absolute Gasteiger partial charge is 0.344 e. The van der Waals surface area contributed by atoms with Crippen LogP contribution in [0.1, 0.15) is 19.3 Å². The number of carbonyl (C=O) groups excluding carboxylic acids is 1. The first kappa shape index (κ1) is 11.8. The van der Waals surface area contributed by atoms with Gasteiger partial charge in [-0.2, -0.15) is 0 Å². The third-order valence-electron chi connectivity index (χ3n) is 2.72. The summed E-state index contributed by atoms with van der Waals surface area (Å²) in [6.45, 7) is 0.461. The first-order chi connectivity index (χ1) is 8.24. The van der Waals surface area contributed by atoms with Crippen LogP contribution in [-0.2, 0) is 9.53 Å². The average molecular weight is 235 g/mol. The van der Waals surface area contributed by atoms with E-state index in [0.29, 0.717) is 18.0 Å². The predicted octanol–water partition coefficient (Wildman–Crippen LogP) is 1.99. The van der Waals surface area contributed by atoms with Gasteiger partial charge in [0.2, 0.25) is 0 Å². The first-order valence-electron chi connectivity index (χ1n) is 5.88. The van der Waals surface area contributed by atoms with Gasteiger partial charge < -0.3 is 15.2 Å². The van der Waals surface area contributed by atoms with Crippen molar-refractivity contribution in [2.24, 2.45) is 5.92 Å². The summed E-state index contributed by atoms with van der Waals surface area (Å²) >= 11 is 0. The zero-order valence-electron chi connectivity index (χ0n) is 9.72. The molecule has 0 aliphatic heterocycles. The van der Waals surface area contributed by atoms with Gasteiger partial charge >= 0.3 is 5.97 Å². The van der Waals surface area contributed by atoms with Gasteiger partial charge in [0.25, 0.3) is 0 Å². The van der Waals surface area contributed by atoms with Crippen LogP contribution in [0.2, 0.25) is 0 Å². The highest BCUT2D eigenvalue weighted by Crippen LogP contribution is 2.32. The van der Waals surface area contributed by atoms with Crippen molar-refractivity contribution in [3.8, 4) is 5.75 Å². The van der Waals surface area contributed by atoms with Crippen molar-refractivity contribution < 1.29 is 14.3 Å². The molecule has 4 heteroatoms. The quantitative estimate of drug-likeness (QED) is 0.605. The Morgan fingerprint density at radius 3 is 2.65 bits per heavy atom. The Bertz CT molecular complexity index is 371. The first-order valence-corrected chi connectivity index (χ1v) is 5.88. The molecular formula is C13H17NO3. The molecule has 0 spiro atoms. The summed E-state index contributed by atoms with van der Waals surface area (Å²) in [5.41, 5.74) is 6.21. The molecular weight excluding hydrogens is 218 g/mol. The molecule has 0 atom stereocenters. The summed E-state index contributed by atoms with van der Waals surface area (Å²) in [5.74, 6) is 1.08. The molecule has 0 amide bonds. The van der Waals surface area contributed by atoms with Crippen LogP contribution < -0.4 is 10.5 Å². The number of nitrogen functional groups attached to an aromatic ring is 1. The normalized spacial score (nSPS) is 14.4. The van der Waals surface area contributed by atoms with E-state index in [1.165, 1.54) is 12.8 Å². The van der Waals surface area contributed by atoms with Gasteiger partial charge in [-0.25, -0.2) is 4.79 Å². The van der Waals surface area contributed by atoms with Crippen molar-refractivity contribution in [2.75, 3.05) is 18.9 Å². The van der Waals surface area contributed by atoms with Crippen LogP contribution in [0.25, 0.3) is 0 Å². The lowest BCUT2D eigenvalue weighted by Gasteiger charge is -2.06. The van der Waals surface area contributed by atoms with E-state index < -0.39 is 0 Å². The third-order valence-corrected chi connectivity index (χ3v) is 2.72. The van der Waals surface area contributed by atoms with Crippen LogP contribution in [0.4, 0.5) is 5.69 Å². The predicted molar refractivity (Wildman–Crippen MR) is 64.6 cm³/mol. The highest BCUT2D eigenvalue weighted by molar-refractivity contribution is 5.71. The molecule has 17 heavy (non-hydrogen) atoms. The van der Waals surface area contributed by atoms with Gasteiger partial charge in [0.05, 0.1) is 6.61 Å². The highest BCUT2D eigenvalue weighted by Gasteiger charge is 2.21. The minimum Gasteiger partial charge on any atom is -0.482 e. The number of benzene rings is 1. The zero-order chi connectivity index (χ0) is 12.1. The van der Waals surface area contributed by atoms with Crippen molar-refractivity contribution in [3.05, 3.63) is 24.3 Å². The topological polar surface area (TPSA) is 61.5 Å². The minimum absolute atomic E-state index is 0.0470. The Morgan fingerprint density at radius 2 is 2.00 bits per heavy atom. The number of rotatable bonds is 6. The van der Waals surface area contributed by atoms with Crippen LogP contribution in [-0.4, -0.2) is 19.2 Å². The second-order valence-electron chi connectivity index (χ2n) is 4.31. The number of nitrogens with two attached hydrogens (primary N) is 1. The molecule has 0 aromatic heterocycles. The molecule has 0 radical (unpaired) electrons. The molecule has 2 rings (SSSR count). The Kier molecular flexibility index (Phi) is 3.85. The van der Waals surface area contributed by atoms with E-state index >= 15 is 0 Å². The molecule has 1 aliphatic carbocycles. The summed E-state index contributed by atoms with van der Waals surface area (Å²) in [5, 5.41) is 0. The molecule has 2 N–H and O–H groups in total. The summed E-state index contributed by atoms with van der Waals surface area (Å²) < 4.78 is 10.3. The van der Waals surface area contributed by atoms with Crippen molar-refractivity contribution in [1.82, 2.24) is 0 Å². The Morgan fingerprint density at radius 1 is 1.29 bits per heavy atom. The van der Waals surface area contributed by atoms with Gasteiger partial charge in [0.1, 0.15) is 5.75 Å². The fraction of sp³-hybridized carbons (Fsp3) is 0.462. The Hall–Kier alpha value is -1.71. The zero-order valence-corrected chi connectivity index (χ0v) is 9.72. The second-order valence-corrected chi connectivity index (χ2v) is 4.31. The SMILES string of the molecule is Nc1ccc(OCC(=O)OCCC2CC2)cc1. The molecule has 1 aliphatic rings. The second kappa shape index (κ2) is 5.57. The van der Waals surface area contributed by atoms with Gasteiger partial charge in [0.15, 0.2) is 6.61 Å². The van der Waals surface area contributed by atoms with Crippen LogP contribution >= 0.6 is 0 Å². The molecule has 0 saturated heterocycles. The van der Waals surface area contributed by atoms with E-state index in [0.717, 1.165) is 12.3 Å². The summed E-state index contributed by atoms with van der Waals surface area (Å²) in [6.07, 6.45) is 3.53. The van der Waals surface area contributed by atoms with Gasteiger partial charge in [-0.3, -0.25) is 0 Å². The van der Waals surface area contributed by atoms with E-state index in [2.05, 4.69) is 0 Å². The maximum atomic E-state index is 11.3. The molecule has 1 aromatic carbocycles. The number of anilines is 1. The van der Waals surface area contributed by atoms with Gasteiger partial charge in [0, 0.05) is 5.69 Å². The molecule has 0 unspecified atom stereocenters. The average Bonchev–Trinajstić information content (AvgIpc) is 3.12. The van der Waals surface area contributed by atoms with E-state index in [-0.39, 0.29) is 12.6 Å². The number of hydrogen-bond acceptors (Lipinski definition) is 4. The largest absolute Gasteiger partial charge is 0.482 e. The summed E-state index contributed by atoms with van der Waals surface area (Å²) in [6, 6.07) is 6.92. The van der Waals surface area contributed by atoms with Crippen molar-refractivity contribution in [3.63, 3.8) is 0 Å². The Labute approximate surface area is 101 Å². The fourth-order valence-corrected chi connectivity index (χ4v) is 1.49. The van der Waals surface area contributed by atoms with Crippen molar-refractivity contribution in [2.45, 2.75) is 19.3 Å². The fourth-order valence-electron chi connectivity index (χ4n) is 1.49. The molecule has 1 saturated carbocycles. The number of carbonyl (C=O) groups is 1. The molecule has 0 bridgehead atoms. The van der Waals surface area contributed by atoms with Gasteiger partial charge in [-0.1, -0.05) is 12.8 Å². The maximum Gasteiger partial charge on any atom is 0.344 e. The van der Waals surface area contributed by atoms with E-state index in [9.17, 15) is 4.79 Å². The minimum atomic E-state index is -0.317. The van der Waals surface area contributed by atoms with Crippen LogP contribution in [0.3, 0.4) is 0 Å². The van der Waals surface area contributed by atoms with Crippen molar-refractivity contribution >= 4 is 11.7 Å². The summed E-state index contributed by atoms with van der Waals surface area (Å²) in [4.78, 5) is 11.3. The molecule has 0 heterocycles. The number of hydrogen-bond donors (Lipinski definition) is 1. The monoisotopic (exact) mass is 235 g/mol. The maximum absolute atomic E-state index is 11.3. The molecule has 92 valence electrons. The van der Waals surface area contributed by atoms with E-state index in [4.69, 9.17) is 15.2 Å². The number of esters is 1. The lowest BCUT2D eigenvalue weighted by Crippen LogP contribution is -2.15. The lowest BCUT2D eigenvalue weighted by molar-refractivity contribution is -0.146. The van der Waals surface area contributed by atoms with E-state index in [1.807, 2.05) is 0 Å². The van der Waals surface area contributed by atoms with Crippen LogP contribution in [0.15, 0.2) is 24.3 Å². The summed E-state index contributed by atoms with van der Waals surface area (Å²) in [7, 11) is 0. The van der Waals surface area contributed by atoms with Crippen LogP contribution in [0.5, 0.6) is 5.75 Å². The molecule has 1 fully saturated rings. The van der Waals surface area contributed by atoms with Gasteiger partial charge in [-0.15, -0.1) is 0 Å². The molecule has 1 aromatic rings. The standard InChI is InChI=1S/C13H17NO3/c14-11-3-5-12(6-4-11)17-9-13(15)16-8-7-10-1-2-10/h3-6,10H,1-2,7-9,14H2. The van der Waals surface area contributed by atoms with Crippen molar-refractivity contribution in [1.29, 1.82) is 0 Å². The Balaban J connectivity index is 1.62. The third kappa shape index (κ3) is 4.34. The highest BCUT2D eigenvalue weighted by atomic mass is 16.6. The molecule has 4 nitrogen and oxygen atoms in total.